The van der Waals surface area contributed by atoms with Crippen molar-refractivity contribution in [1.82, 2.24) is 19.9 Å². The molecule has 0 aliphatic carbocycles. The average molecular weight is 960 g/mol. The van der Waals surface area contributed by atoms with Crippen LogP contribution in [0.2, 0.25) is 0 Å². The topological polar surface area (TPSA) is 64.7 Å². The minimum atomic E-state index is -0.277. The average Bonchev–Trinajstić information content (AvgIpc) is 3.60. The fraction of sp³-hybridized carbons (Fsp3) is 0.185. The largest absolute Gasteiger partial charge is 0.456 e. The second-order valence-electron chi connectivity index (χ2n) is 17.7. The van der Waals surface area contributed by atoms with Crippen molar-refractivity contribution in [2.24, 2.45) is 0 Å². The van der Waals surface area contributed by atoms with Crippen LogP contribution in [0.3, 0.4) is 0 Å². The number of fused-ring (bicyclic) bond motifs is 3. The molecule has 5 nitrogen and oxygen atoms in total. The molecule has 0 saturated carbocycles. The summed E-state index contributed by atoms with van der Waals surface area (Å²) >= 11 is 0. The number of nitrogens with zero attached hydrogens (tertiary/aromatic N) is 4. The Morgan fingerprint density at radius 1 is 0.500 bits per heavy atom. The quantitative estimate of drug-likeness (QED) is 0.155. The first kappa shape index (κ1) is 40.7. The zero-order valence-electron chi connectivity index (χ0n) is 35.3. The summed E-state index contributed by atoms with van der Waals surface area (Å²) in [6.07, 6.45) is 1.86. The van der Waals surface area contributed by atoms with Gasteiger partial charge in [-0.1, -0.05) is 172 Å². The van der Waals surface area contributed by atoms with E-state index in [2.05, 4.69) is 171 Å². The number of hydrogen-bond acceptors (Lipinski definition) is 5. The van der Waals surface area contributed by atoms with E-state index in [0.717, 1.165) is 72.4 Å². The Kier molecular flexibility index (Phi) is 10.7. The maximum atomic E-state index is 6.40. The van der Waals surface area contributed by atoms with Crippen LogP contribution in [0.5, 0.6) is 0 Å². The van der Waals surface area contributed by atoms with E-state index in [0.29, 0.717) is 11.6 Å². The van der Waals surface area contributed by atoms with E-state index in [9.17, 15) is 0 Å². The van der Waals surface area contributed by atoms with Crippen LogP contribution in [0, 0.1) is 19.9 Å². The Balaban J connectivity index is 0.00000499. The van der Waals surface area contributed by atoms with E-state index in [1.54, 1.807) is 0 Å². The monoisotopic (exact) mass is 960 g/mol. The van der Waals surface area contributed by atoms with Gasteiger partial charge in [0, 0.05) is 53.6 Å². The standard InChI is InChI=1S/C54H47N4O.Ir/c1-33-27-34(2)29-39(28-33)41-13-9-10-14-42(41)43-24-20-37(30-46(43)36-19-25-45-44-15-11-12-16-48(44)59-49(45)31-36)47-26-21-38(32-55-47)51-56-50(57-52(58-51)54(6,7)8)35-17-22-40(23-18-35)53(3,4)5;/h9-19,21-32H,1-8H3;/q-1;. The molecule has 0 N–H and O–H groups in total. The molecule has 3 aromatic heterocycles. The third kappa shape index (κ3) is 7.98. The molecule has 1 radical (unpaired) electrons. The van der Waals surface area contributed by atoms with E-state index in [1.165, 1.54) is 27.8 Å². The van der Waals surface area contributed by atoms with Crippen LogP contribution in [0.1, 0.15) is 64.1 Å². The van der Waals surface area contributed by atoms with Crippen LogP contribution >= 0.6 is 0 Å². The summed E-state index contributed by atoms with van der Waals surface area (Å²) in [5.74, 6) is 1.99. The van der Waals surface area contributed by atoms with E-state index in [1.807, 2.05) is 30.5 Å². The summed E-state index contributed by atoms with van der Waals surface area (Å²) < 4.78 is 6.40. The Morgan fingerprint density at radius 2 is 1.13 bits per heavy atom. The molecule has 0 atom stereocenters. The van der Waals surface area contributed by atoms with Crippen LogP contribution in [0.4, 0.5) is 0 Å². The predicted octanol–water partition coefficient (Wildman–Crippen LogP) is 14.2. The molecule has 60 heavy (non-hydrogen) atoms. The third-order valence-corrected chi connectivity index (χ3v) is 11.0. The molecule has 0 bridgehead atoms. The number of para-hydroxylation sites is 1. The molecule has 6 aromatic carbocycles. The summed E-state index contributed by atoms with van der Waals surface area (Å²) in [6.45, 7) is 17.4. The molecule has 299 valence electrons. The molecule has 0 aliphatic heterocycles. The first-order chi connectivity index (χ1) is 28.3. The Hall–Kier alpha value is -6.07. The van der Waals surface area contributed by atoms with Gasteiger partial charge in [0.1, 0.15) is 17.0 Å². The Morgan fingerprint density at radius 3 is 1.82 bits per heavy atom. The van der Waals surface area contributed by atoms with Crippen LogP contribution in [-0.2, 0) is 30.9 Å². The van der Waals surface area contributed by atoms with Gasteiger partial charge in [0.05, 0.1) is 0 Å². The van der Waals surface area contributed by atoms with Crippen molar-refractivity contribution in [3.05, 3.63) is 168 Å². The van der Waals surface area contributed by atoms with Gasteiger partial charge in [0.15, 0.2) is 11.6 Å². The van der Waals surface area contributed by atoms with Gasteiger partial charge in [0.25, 0.3) is 0 Å². The number of aryl methyl sites for hydroxylation is 2. The maximum Gasteiger partial charge on any atom is 0.165 e. The number of rotatable bonds is 6. The number of furan rings is 1. The number of hydrogen-bond donors (Lipinski definition) is 0. The van der Waals surface area contributed by atoms with Crippen molar-refractivity contribution < 1.29 is 24.5 Å². The second kappa shape index (κ2) is 15.8. The van der Waals surface area contributed by atoms with E-state index < -0.39 is 0 Å². The van der Waals surface area contributed by atoms with Crippen LogP contribution in [-0.4, -0.2) is 19.9 Å². The predicted molar refractivity (Wildman–Crippen MR) is 243 cm³/mol. The molecule has 0 amide bonds. The third-order valence-electron chi connectivity index (χ3n) is 11.0. The van der Waals surface area contributed by atoms with Gasteiger partial charge >= 0.3 is 0 Å². The number of pyridine rings is 1. The van der Waals surface area contributed by atoms with E-state index in [-0.39, 0.29) is 30.9 Å². The number of aromatic nitrogens is 4. The van der Waals surface area contributed by atoms with Gasteiger partial charge in [-0.15, -0.1) is 23.8 Å². The van der Waals surface area contributed by atoms with Gasteiger partial charge in [-0.3, -0.25) is 0 Å². The normalized spacial score (nSPS) is 11.9. The van der Waals surface area contributed by atoms with E-state index in [4.69, 9.17) is 24.4 Å². The maximum absolute atomic E-state index is 6.40. The molecule has 0 unspecified atom stereocenters. The molecule has 0 aliphatic rings. The molecular formula is C54H47IrN4O-. The van der Waals surface area contributed by atoms with Crippen molar-refractivity contribution in [2.45, 2.75) is 66.2 Å². The van der Waals surface area contributed by atoms with Gasteiger partial charge in [-0.2, -0.15) is 0 Å². The first-order valence-electron chi connectivity index (χ1n) is 20.3. The molecule has 9 rings (SSSR count). The molecule has 0 saturated heterocycles. The molecular weight excluding hydrogens is 913 g/mol. The van der Waals surface area contributed by atoms with Crippen LogP contribution in [0.15, 0.2) is 144 Å². The summed E-state index contributed by atoms with van der Waals surface area (Å²) in [5.41, 5.74) is 15.4. The summed E-state index contributed by atoms with van der Waals surface area (Å²) in [7, 11) is 0. The summed E-state index contributed by atoms with van der Waals surface area (Å²) in [4.78, 5) is 19.9. The molecule has 0 fully saturated rings. The molecule has 3 heterocycles. The minimum absolute atomic E-state index is 0. The fourth-order valence-corrected chi connectivity index (χ4v) is 7.87. The SMILES string of the molecule is Cc1cc(C)cc(-c2ccccc2-c2c[c-]c(-c3ccc(-c4nc(-c5ccc(C(C)(C)C)cc5)nc(C(C)(C)C)n4)cn3)cc2-c2ccc3c(c2)oc2ccccc23)c1.[Ir]. The summed E-state index contributed by atoms with van der Waals surface area (Å²) in [5, 5.41) is 2.21. The van der Waals surface area contributed by atoms with Crippen molar-refractivity contribution in [2.75, 3.05) is 0 Å². The van der Waals surface area contributed by atoms with Gasteiger partial charge in [-0.05, 0) is 65.4 Å². The Labute approximate surface area is 366 Å². The Bertz CT molecular complexity index is 3000. The zero-order valence-corrected chi connectivity index (χ0v) is 37.7. The zero-order chi connectivity index (χ0) is 41.1. The smallest absolute Gasteiger partial charge is 0.165 e. The summed E-state index contributed by atoms with van der Waals surface area (Å²) in [6, 6.07) is 50.7. The van der Waals surface area contributed by atoms with Crippen molar-refractivity contribution in [1.29, 1.82) is 0 Å². The van der Waals surface area contributed by atoms with Crippen LogP contribution in [0.25, 0.3) is 89.4 Å². The molecule has 0 spiro atoms. The van der Waals surface area contributed by atoms with Crippen LogP contribution < -0.4 is 0 Å². The van der Waals surface area contributed by atoms with Gasteiger partial charge in [0.2, 0.25) is 0 Å². The number of benzene rings is 6. The molecule has 9 aromatic rings. The minimum Gasteiger partial charge on any atom is -0.456 e. The van der Waals surface area contributed by atoms with Gasteiger partial charge < -0.3 is 9.40 Å². The first-order valence-corrected chi connectivity index (χ1v) is 20.3. The van der Waals surface area contributed by atoms with Crippen molar-refractivity contribution in [3.8, 4) is 67.4 Å². The second-order valence-corrected chi connectivity index (χ2v) is 17.7. The van der Waals surface area contributed by atoms with Gasteiger partial charge in [-0.25, -0.2) is 15.0 Å². The van der Waals surface area contributed by atoms with Crippen molar-refractivity contribution in [3.63, 3.8) is 0 Å². The van der Waals surface area contributed by atoms with Crippen molar-refractivity contribution >= 4 is 21.9 Å². The van der Waals surface area contributed by atoms with E-state index >= 15 is 0 Å². The molecule has 6 heteroatoms. The fourth-order valence-electron chi connectivity index (χ4n) is 7.87.